The molecule has 0 fully saturated rings. The molecule has 0 aliphatic carbocycles. The third kappa shape index (κ3) is 2.74. The lowest BCUT2D eigenvalue weighted by Crippen LogP contribution is -2.00. The summed E-state index contributed by atoms with van der Waals surface area (Å²) in [4.78, 5) is 0. The second-order valence-electron chi connectivity index (χ2n) is 4.61. The number of aliphatic hydroxyl groups excluding tert-OH is 1. The van der Waals surface area contributed by atoms with E-state index in [1.807, 2.05) is 30.6 Å². The van der Waals surface area contributed by atoms with E-state index < -0.39 is 6.10 Å². The van der Waals surface area contributed by atoms with Gasteiger partial charge in [0.25, 0.3) is 0 Å². The van der Waals surface area contributed by atoms with Crippen molar-refractivity contribution in [3.8, 4) is 5.75 Å². The second kappa shape index (κ2) is 5.27. The smallest absolute Gasteiger partial charge is 0.123 e. The van der Waals surface area contributed by atoms with E-state index in [1.165, 1.54) is 5.56 Å². The van der Waals surface area contributed by atoms with Gasteiger partial charge in [0, 0.05) is 18.0 Å². The lowest BCUT2D eigenvalue weighted by molar-refractivity contribution is 0.199. The molecule has 3 heteroatoms. The van der Waals surface area contributed by atoms with Crippen LogP contribution in [0.25, 0.3) is 0 Å². The van der Waals surface area contributed by atoms with Crippen LogP contribution in [0.2, 0.25) is 0 Å². The molecule has 1 N–H and O–H groups in total. The molecule has 2 rings (SSSR count). The Morgan fingerprint density at radius 1 is 1.33 bits per heavy atom. The normalized spacial score (nSPS) is 12.4. The van der Waals surface area contributed by atoms with Gasteiger partial charge in [-0.2, -0.15) is 0 Å². The van der Waals surface area contributed by atoms with Gasteiger partial charge < -0.3 is 14.4 Å². The zero-order valence-corrected chi connectivity index (χ0v) is 11.1. The van der Waals surface area contributed by atoms with Crippen LogP contribution in [0.4, 0.5) is 0 Å². The molecule has 0 aliphatic heterocycles. The van der Waals surface area contributed by atoms with Gasteiger partial charge >= 0.3 is 0 Å². The van der Waals surface area contributed by atoms with E-state index in [0.717, 1.165) is 23.4 Å². The molecule has 96 valence electrons. The van der Waals surface area contributed by atoms with Crippen molar-refractivity contribution in [3.05, 3.63) is 53.3 Å². The van der Waals surface area contributed by atoms with Crippen molar-refractivity contribution in [3.63, 3.8) is 0 Å². The molecule has 0 aliphatic rings. The van der Waals surface area contributed by atoms with E-state index in [9.17, 15) is 5.11 Å². The molecule has 0 spiro atoms. The first-order valence-corrected chi connectivity index (χ1v) is 6.07. The van der Waals surface area contributed by atoms with Crippen molar-refractivity contribution < 1.29 is 9.84 Å². The van der Waals surface area contributed by atoms with Crippen molar-refractivity contribution in [1.29, 1.82) is 0 Å². The number of benzene rings is 1. The van der Waals surface area contributed by atoms with Gasteiger partial charge in [0.15, 0.2) is 0 Å². The molecule has 1 heterocycles. The Balaban J connectivity index is 2.24. The van der Waals surface area contributed by atoms with Crippen LogP contribution in [0.15, 0.2) is 36.7 Å². The first-order valence-electron chi connectivity index (χ1n) is 6.07. The van der Waals surface area contributed by atoms with Crippen molar-refractivity contribution >= 4 is 0 Å². The van der Waals surface area contributed by atoms with Crippen LogP contribution in [0.5, 0.6) is 5.75 Å². The number of hydrogen-bond acceptors (Lipinski definition) is 2. The fraction of sp³-hybridized carbons (Fsp3) is 0.333. The summed E-state index contributed by atoms with van der Waals surface area (Å²) in [7, 11) is 1.69. The highest BCUT2D eigenvalue weighted by atomic mass is 16.5. The first-order chi connectivity index (χ1) is 8.60. The summed E-state index contributed by atoms with van der Waals surface area (Å²) in [6, 6.07) is 8.09. The molecule has 1 aromatic carbocycles. The Hall–Kier alpha value is -1.74. The average molecular weight is 245 g/mol. The highest BCUT2D eigenvalue weighted by Gasteiger charge is 2.06. The summed E-state index contributed by atoms with van der Waals surface area (Å²) in [5.74, 6) is 0.896. The summed E-state index contributed by atoms with van der Waals surface area (Å²) in [6.07, 6.45) is 3.52. The summed E-state index contributed by atoms with van der Waals surface area (Å²) in [6.45, 7) is 4.59. The van der Waals surface area contributed by atoms with Crippen molar-refractivity contribution in [1.82, 2.24) is 4.57 Å². The molecular weight excluding hydrogens is 226 g/mol. The van der Waals surface area contributed by atoms with Crippen molar-refractivity contribution in [2.24, 2.45) is 0 Å². The quantitative estimate of drug-likeness (QED) is 0.898. The van der Waals surface area contributed by atoms with E-state index in [1.54, 1.807) is 14.0 Å². The predicted molar refractivity (Wildman–Crippen MR) is 71.9 cm³/mol. The van der Waals surface area contributed by atoms with Gasteiger partial charge in [0.1, 0.15) is 5.75 Å². The topological polar surface area (TPSA) is 34.4 Å². The maximum Gasteiger partial charge on any atom is 0.123 e. The second-order valence-corrected chi connectivity index (χ2v) is 4.61. The largest absolute Gasteiger partial charge is 0.496 e. The molecule has 0 amide bonds. The van der Waals surface area contributed by atoms with Crippen LogP contribution in [0.1, 0.15) is 29.7 Å². The zero-order valence-electron chi connectivity index (χ0n) is 11.1. The third-order valence-corrected chi connectivity index (χ3v) is 3.04. The number of aliphatic hydroxyl groups is 1. The van der Waals surface area contributed by atoms with Gasteiger partial charge in [-0.3, -0.25) is 0 Å². The Labute approximate surface area is 108 Å². The first kappa shape index (κ1) is 12.7. The van der Waals surface area contributed by atoms with E-state index in [4.69, 9.17) is 4.74 Å². The maximum absolute atomic E-state index is 9.51. The number of nitrogens with zero attached hydrogens (tertiary/aromatic N) is 1. The SMILES string of the molecule is COc1ccc(C)cc1Cn1ccc(C(C)O)c1. The Kier molecular flexibility index (Phi) is 3.72. The molecule has 0 saturated heterocycles. The molecule has 2 aromatic rings. The van der Waals surface area contributed by atoms with Crippen molar-refractivity contribution in [2.75, 3.05) is 7.11 Å². The van der Waals surface area contributed by atoms with Crippen molar-refractivity contribution in [2.45, 2.75) is 26.5 Å². The van der Waals surface area contributed by atoms with E-state index >= 15 is 0 Å². The van der Waals surface area contributed by atoms with Gasteiger partial charge in [-0.15, -0.1) is 0 Å². The molecular formula is C15H19NO2. The maximum atomic E-state index is 9.51. The third-order valence-electron chi connectivity index (χ3n) is 3.04. The van der Waals surface area contributed by atoms with Crippen LogP contribution >= 0.6 is 0 Å². The molecule has 3 nitrogen and oxygen atoms in total. The summed E-state index contributed by atoms with van der Waals surface area (Å²) in [5.41, 5.74) is 3.29. The minimum atomic E-state index is -0.425. The standard InChI is InChI=1S/C15H19NO2/c1-11-4-5-15(18-3)14(8-11)10-16-7-6-13(9-16)12(2)17/h4-9,12,17H,10H2,1-3H3. The van der Waals surface area contributed by atoms with Crippen LogP contribution in [-0.4, -0.2) is 16.8 Å². The number of hydrogen-bond donors (Lipinski definition) is 1. The fourth-order valence-electron chi connectivity index (χ4n) is 2.03. The monoisotopic (exact) mass is 245 g/mol. The van der Waals surface area contributed by atoms with Crippen LogP contribution in [-0.2, 0) is 6.54 Å². The fourth-order valence-corrected chi connectivity index (χ4v) is 2.03. The van der Waals surface area contributed by atoms with Gasteiger partial charge in [-0.25, -0.2) is 0 Å². The van der Waals surface area contributed by atoms with Gasteiger partial charge in [-0.1, -0.05) is 17.7 Å². The number of rotatable bonds is 4. The van der Waals surface area contributed by atoms with Gasteiger partial charge in [-0.05, 0) is 31.5 Å². The number of methoxy groups -OCH3 is 1. The number of aryl methyl sites for hydroxylation is 1. The number of aromatic nitrogens is 1. The van der Waals surface area contributed by atoms with Gasteiger partial charge in [0.2, 0.25) is 0 Å². The highest BCUT2D eigenvalue weighted by Crippen LogP contribution is 2.21. The molecule has 0 saturated carbocycles. The van der Waals surface area contributed by atoms with Gasteiger partial charge in [0.05, 0.1) is 19.8 Å². The molecule has 1 aromatic heterocycles. The molecule has 1 atom stereocenters. The number of ether oxygens (including phenoxy) is 1. The lowest BCUT2D eigenvalue weighted by atomic mass is 10.1. The minimum Gasteiger partial charge on any atom is -0.496 e. The summed E-state index contributed by atoms with van der Waals surface area (Å²) in [5, 5.41) is 9.51. The Morgan fingerprint density at radius 3 is 2.72 bits per heavy atom. The van der Waals surface area contributed by atoms with Crippen LogP contribution in [0, 0.1) is 6.92 Å². The molecule has 0 radical (unpaired) electrons. The Morgan fingerprint density at radius 2 is 2.11 bits per heavy atom. The van der Waals surface area contributed by atoms with E-state index in [-0.39, 0.29) is 0 Å². The van der Waals surface area contributed by atoms with Crippen LogP contribution < -0.4 is 4.74 Å². The Bertz CT molecular complexity index is 529. The van der Waals surface area contributed by atoms with Crippen LogP contribution in [0.3, 0.4) is 0 Å². The summed E-state index contributed by atoms with van der Waals surface area (Å²) < 4.78 is 7.42. The zero-order chi connectivity index (χ0) is 13.1. The lowest BCUT2D eigenvalue weighted by Gasteiger charge is -2.10. The molecule has 0 bridgehead atoms. The minimum absolute atomic E-state index is 0.425. The molecule has 1 unspecified atom stereocenters. The predicted octanol–water partition coefficient (Wildman–Crippen LogP) is 2.91. The average Bonchev–Trinajstić information content (AvgIpc) is 2.78. The molecule has 18 heavy (non-hydrogen) atoms. The summed E-state index contributed by atoms with van der Waals surface area (Å²) >= 11 is 0. The van der Waals surface area contributed by atoms with E-state index in [0.29, 0.717) is 0 Å². The van der Waals surface area contributed by atoms with E-state index in [2.05, 4.69) is 17.6 Å². The highest BCUT2D eigenvalue weighted by molar-refractivity contribution is 5.37.